The summed E-state index contributed by atoms with van der Waals surface area (Å²) in [4.78, 5) is 48.9. The molecule has 2 amide bonds. The molecule has 47 heavy (non-hydrogen) atoms. The Morgan fingerprint density at radius 3 is 2.74 bits per heavy atom. The van der Waals surface area contributed by atoms with Crippen molar-refractivity contribution in [2.45, 2.75) is 62.9 Å². The summed E-state index contributed by atoms with van der Waals surface area (Å²) in [6.07, 6.45) is 1.58. The zero-order valence-corrected chi connectivity index (χ0v) is 26.0. The fourth-order valence-electron chi connectivity index (χ4n) is 7.08. The number of amides is 2. The maximum Gasteiger partial charge on any atom is 0.360 e. The third-order valence-electron chi connectivity index (χ3n) is 9.37. The standard InChI is InChI=1S/C34H33N5O8/c1-16(2)25-31-39-26(30-36-22(15-45-30)32(42)43-3)27(47-31)34-18-7-4-5-8-20(18)37-33(34)46-23-11-10-17(13-19(23)34)14-21(28(40)38-25)35-29(41)24-9-6-12-44-24/h4-5,7-8,10-11,13,15-16,21,24-25,33,37H,6,9,12,14H2,1-3H3,(H,35,41)(H,38,40)/t21-,24-,25-,33-,34?/m0/s1. The highest BCUT2D eigenvalue weighted by Gasteiger charge is 2.61. The van der Waals surface area contributed by atoms with E-state index >= 15 is 0 Å². The van der Waals surface area contributed by atoms with Crippen molar-refractivity contribution in [3.63, 3.8) is 0 Å². The minimum atomic E-state index is -1.07. The highest BCUT2D eigenvalue weighted by molar-refractivity contribution is 5.90. The van der Waals surface area contributed by atoms with Crippen LogP contribution in [0.2, 0.25) is 0 Å². The predicted molar refractivity (Wildman–Crippen MR) is 164 cm³/mol. The Hall–Kier alpha value is -5.17. The maximum atomic E-state index is 14.0. The van der Waals surface area contributed by atoms with Gasteiger partial charge in [0.1, 0.15) is 35.6 Å². The van der Waals surface area contributed by atoms with Crippen molar-refractivity contribution in [1.82, 2.24) is 20.6 Å². The van der Waals surface area contributed by atoms with Gasteiger partial charge in [-0.05, 0) is 42.0 Å². The molecule has 2 aromatic carbocycles. The zero-order valence-electron chi connectivity index (χ0n) is 26.0. The second kappa shape index (κ2) is 11.0. The Balaban J connectivity index is 1.35. The number of carbonyl (C=O) groups is 3. The molecule has 1 fully saturated rings. The lowest BCUT2D eigenvalue weighted by Gasteiger charge is -2.29. The molecule has 1 spiro atoms. The number of nitrogens with one attached hydrogen (secondary N) is 3. The number of para-hydroxylation sites is 1. The molecule has 242 valence electrons. The molecule has 13 nitrogen and oxygen atoms in total. The van der Waals surface area contributed by atoms with E-state index in [0.29, 0.717) is 24.5 Å². The van der Waals surface area contributed by atoms with Crippen molar-refractivity contribution >= 4 is 23.5 Å². The minimum absolute atomic E-state index is 0.0289. The first-order valence-electron chi connectivity index (χ1n) is 15.7. The summed E-state index contributed by atoms with van der Waals surface area (Å²) >= 11 is 0. The fraction of sp³-hybridized carbons (Fsp3) is 0.382. The Morgan fingerprint density at radius 2 is 1.96 bits per heavy atom. The molecule has 0 aliphatic carbocycles. The number of ether oxygens (including phenoxy) is 3. The molecule has 1 saturated heterocycles. The summed E-state index contributed by atoms with van der Waals surface area (Å²) in [6, 6.07) is 12.0. The number of oxazole rings is 2. The van der Waals surface area contributed by atoms with Gasteiger partial charge in [-0.2, -0.15) is 0 Å². The van der Waals surface area contributed by atoms with E-state index in [-0.39, 0.29) is 41.4 Å². The van der Waals surface area contributed by atoms with Crippen LogP contribution in [0.5, 0.6) is 5.75 Å². The largest absolute Gasteiger partial charge is 0.469 e. The van der Waals surface area contributed by atoms with Gasteiger partial charge < -0.3 is 39.0 Å². The SMILES string of the molecule is COC(=O)c1coc(-c2nc3oc2C24c5ccccc5N[C@H]2Oc2ccc(cc24)C[C@H](NC(=O)[C@@H]2CCCO2)C(=O)N[C@H]3C(C)C)n1. The van der Waals surface area contributed by atoms with Gasteiger partial charge in [-0.3, -0.25) is 9.59 Å². The maximum absolute atomic E-state index is 14.0. The fourth-order valence-corrected chi connectivity index (χ4v) is 7.08. The van der Waals surface area contributed by atoms with Gasteiger partial charge in [-0.1, -0.05) is 44.2 Å². The smallest absolute Gasteiger partial charge is 0.360 e. The normalized spacial score (nSPS) is 25.5. The Morgan fingerprint density at radius 1 is 1.11 bits per heavy atom. The van der Waals surface area contributed by atoms with Gasteiger partial charge in [-0.25, -0.2) is 14.8 Å². The Kier molecular flexibility index (Phi) is 6.83. The van der Waals surface area contributed by atoms with Crippen LogP contribution in [0.4, 0.5) is 5.69 Å². The first kappa shape index (κ1) is 29.2. The zero-order chi connectivity index (χ0) is 32.4. The summed E-state index contributed by atoms with van der Waals surface area (Å²) in [5.74, 6) is -0.299. The molecular weight excluding hydrogens is 606 g/mol. The minimum Gasteiger partial charge on any atom is -0.469 e. The molecule has 4 bridgehead atoms. The van der Waals surface area contributed by atoms with Crippen LogP contribution in [0.15, 0.2) is 57.6 Å². The molecule has 3 N–H and O–H groups in total. The van der Waals surface area contributed by atoms with Gasteiger partial charge in [-0.15, -0.1) is 0 Å². The first-order chi connectivity index (χ1) is 22.8. The number of esters is 1. The molecule has 4 aliphatic heterocycles. The third-order valence-corrected chi connectivity index (χ3v) is 9.37. The molecule has 0 saturated carbocycles. The Bertz CT molecular complexity index is 1910. The average Bonchev–Trinajstić information content (AvgIpc) is 3.89. The number of fused-ring (bicyclic) bond motifs is 4. The molecule has 1 unspecified atom stereocenters. The van der Waals surface area contributed by atoms with E-state index in [4.69, 9.17) is 28.0 Å². The summed E-state index contributed by atoms with van der Waals surface area (Å²) in [7, 11) is 1.26. The van der Waals surface area contributed by atoms with Crippen LogP contribution in [-0.4, -0.2) is 59.8 Å². The van der Waals surface area contributed by atoms with Crippen molar-refractivity contribution < 1.29 is 37.4 Å². The summed E-state index contributed by atoms with van der Waals surface area (Å²) < 4.78 is 29.7. The summed E-state index contributed by atoms with van der Waals surface area (Å²) in [6.45, 7) is 4.38. The predicted octanol–water partition coefficient (Wildman–Crippen LogP) is 3.63. The number of rotatable bonds is 5. The quantitative estimate of drug-likeness (QED) is 0.273. The van der Waals surface area contributed by atoms with Crippen LogP contribution >= 0.6 is 0 Å². The van der Waals surface area contributed by atoms with E-state index in [1.54, 1.807) is 0 Å². The summed E-state index contributed by atoms with van der Waals surface area (Å²) in [5.41, 5.74) is 2.48. The summed E-state index contributed by atoms with van der Waals surface area (Å²) in [5, 5.41) is 9.56. The van der Waals surface area contributed by atoms with E-state index < -0.39 is 41.7 Å². The molecule has 5 atom stereocenters. The van der Waals surface area contributed by atoms with Gasteiger partial charge in [0.25, 0.3) is 0 Å². The lowest BCUT2D eigenvalue weighted by Crippen LogP contribution is -2.51. The molecule has 0 radical (unpaired) electrons. The molecule has 13 heteroatoms. The van der Waals surface area contributed by atoms with Crippen molar-refractivity contribution in [3.8, 4) is 17.3 Å². The number of methoxy groups -OCH3 is 1. The lowest BCUT2D eigenvalue weighted by atomic mass is 9.72. The number of anilines is 1. The van der Waals surface area contributed by atoms with Gasteiger partial charge in [0, 0.05) is 24.3 Å². The van der Waals surface area contributed by atoms with Gasteiger partial charge >= 0.3 is 5.97 Å². The van der Waals surface area contributed by atoms with E-state index in [0.717, 1.165) is 28.8 Å². The van der Waals surface area contributed by atoms with Crippen LogP contribution in [0, 0.1) is 5.92 Å². The van der Waals surface area contributed by atoms with Gasteiger partial charge in [0.2, 0.25) is 23.6 Å². The second-order valence-corrected chi connectivity index (χ2v) is 12.6. The highest BCUT2D eigenvalue weighted by Crippen LogP contribution is 2.59. The van der Waals surface area contributed by atoms with Crippen LogP contribution in [0.1, 0.15) is 71.6 Å². The number of carbonyl (C=O) groups excluding carboxylic acids is 3. The first-order valence-corrected chi connectivity index (χ1v) is 15.7. The number of hydrogen-bond donors (Lipinski definition) is 3. The number of benzene rings is 2. The topological polar surface area (TPSA) is 167 Å². The van der Waals surface area contributed by atoms with Crippen LogP contribution in [0.25, 0.3) is 11.6 Å². The van der Waals surface area contributed by atoms with Crippen LogP contribution in [-0.2, 0) is 30.9 Å². The molecule has 2 aromatic heterocycles. The number of aromatic nitrogens is 2. The monoisotopic (exact) mass is 639 g/mol. The van der Waals surface area contributed by atoms with Crippen molar-refractivity contribution in [3.05, 3.63) is 82.8 Å². The third kappa shape index (κ3) is 4.51. The average molecular weight is 640 g/mol. The van der Waals surface area contributed by atoms with E-state index in [1.165, 1.54) is 13.4 Å². The lowest BCUT2D eigenvalue weighted by molar-refractivity contribution is -0.135. The van der Waals surface area contributed by atoms with Gasteiger partial charge in [0.15, 0.2) is 23.4 Å². The second-order valence-electron chi connectivity index (χ2n) is 12.6. The van der Waals surface area contributed by atoms with Crippen molar-refractivity contribution in [1.29, 1.82) is 0 Å². The number of hydrogen-bond acceptors (Lipinski definition) is 11. The molecule has 4 aliphatic rings. The molecular formula is C34H33N5O8. The highest BCUT2D eigenvalue weighted by atomic mass is 16.5. The van der Waals surface area contributed by atoms with E-state index in [9.17, 15) is 14.4 Å². The van der Waals surface area contributed by atoms with E-state index in [1.807, 2.05) is 56.3 Å². The van der Waals surface area contributed by atoms with Crippen LogP contribution in [0.3, 0.4) is 0 Å². The number of nitrogens with zero attached hydrogens (tertiary/aromatic N) is 2. The Labute approximate surface area is 269 Å². The van der Waals surface area contributed by atoms with Crippen molar-refractivity contribution in [2.75, 3.05) is 19.0 Å². The van der Waals surface area contributed by atoms with Crippen LogP contribution < -0.4 is 20.7 Å². The molecule has 8 rings (SSSR count). The van der Waals surface area contributed by atoms with Crippen molar-refractivity contribution in [2.24, 2.45) is 5.92 Å². The molecule has 6 heterocycles. The van der Waals surface area contributed by atoms with Gasteiger partial charge in [0.05, 0.1) is 7.11 Å². The molecule has 4 aromatic rings. The van der Waals surface area contributed by atoms with E-state index in [2.05, 4.69) is 20.9 Å².